The Morgan fingerprint density at radius 2 is 2.10 bits per heavy atom. The molecule has 2 aromatic rings. The number of hydrogen-bond donors (Lipinski definition) is 2. The van der Waals surface area contributed by atoms with Gasteiger partial charge in [0.15, 0.2) is 6.61 Å². The highest BCUT2D eigenvalue weighted by Crippen LogP contribution is 2.41. The van der Waals surface area contributed by atoms with Gasteiger partial charge >= 0.3 is 0 Å². The minimum atomic E-state index is -0.380. The van der Waals surface area contributed by atoms with Crippen molar-refractivity contribution in [2.45, 2.75) is 25.4 Å². The predicted molar refractivity (Wildman–Crippen MR) is 106 cm³/mol. The highest BCUT2D eigenvalue weighted by molar-refractivity contribution is 5.95. The third kappa shape index (κ3) is 3.70. The molecule has 29 heavy (non-hydrogen) atoms. The summed E-state index contributed by atoms with van der Waals surface area (Å²) in [5.41, 5.74) is 2.26. The van der Waals surface area contributed by atoms with E-state index < -0.39 is 0 Å². The van der Waals surface area contributed by atoms with Crippen LogP contribution in [0.15, 0.2) is 36.4 Å². The molecule has 0 aromatic heterocycles. The van der Waals surface area contributed by atoms with Crippen LogP contribution >= 0.6 is 0 Å². The molecule has 0 fully saturated rings. The van der Waals surface area contributed by atoms with E-state index in [1.807, 2.05) is 25.1 Å². The second-order valence-corrected chi connectivity index (χ2v) is 7.13. The van der Waals surface area contributed by atoms with Gasteiger partial charge in [-0.05, 0) is 36.8 Å². The van der Waals surface area contributed by atoms with E-state index in [-0.39, 0.29) is 49.3 Å². The van der Waals surface area contributed by atoms with Crippen molar-refractivity contribution < 1.29 is 23.5 Å². The van der Waals surface area contributed by atoms with Gasteiger partial charge in [0.2, 0.25) is 5.91 Å². The maximum atomic E-state index is 13.7. The molecule has 0 saturated carbocycles. The van der Waals surface area contributed by atoms with Crippen molar-refractivity contribution in [1.82, 2.24) is 5.32 Å². The summed E-state index contributed by atoms with van der Waals surface area (Å²) in [6, 6.07) is 9.62. The second-order valence-electron chi connectivity index (χ2n) is 7.13. The molecule has 2 aromatic carbocycles. The highest BCUT2D eigenvalue weighted by atomic mass is 19.1. The maximum Gasteiger partial charge on any atom is 0.262 e. The molecule has 0 spiro atoms. The van der Waals surface area contributed by atoms with Gasteiger partial charge in [0.1, 0.15) is 23.9 Å². The van der Waals surface area contributed by atoms with Crippen molar-refractivity contribution in [1.29, 1.82) is 0 Å². The van der Waals surface area contributed by atoms with Crippen molar-refractivity contribution in [3.8, 4) is 11.5 Å². The van der Waals surface area contributed by atoms with Crippen molar-refractivity contribution in [3.63, 3.8) is 0 Å². The summed E-state index contributed by atoms with van der Waals surface area (Å²) in [6.07, 6.45) is 0.239. The van der Waals surface area contributed by atoms with Crippen LogP contribution in [0.1, 0.15) is 24.9 Å². The minimum absolute atomic E-state index is 0.00148. The first-order valence-corrected chi connectivity index (χ1v) is 9.44. The fourth-order valence-electron chi connectivity index (χ4n) is 3.80. The average Bonchev–Trinajstić information content (AvgIpc) is 2.72. The zero-order valence-electron chi connectivity index (χ0n) is 16.2. The largest absolute Gasteiger partial charge is 0.489 e. The van der Waals surface area contributed by atoms with Crippen LogP contribution in [0.25, 0.3) is 0 Å². The molecule has 2 aliphatic rings. The molecule has 0 bridgehead atoms. The van der Waals surface area contributed by atoms with Crippen LogP contribution in [-0.4, -0.2) is 38.1 Å². The summed E-state index contributed by atoms with van der Waals surface area (Å²) in [5, 5.41) is 5.46. The zero-order chi connectivity index (χ0) is 20.5. The van der Waals surface area contributed by atoms with Crippen LogP contribution < -0.4 is 25.0 Å². The Hall–Kier alpha value is -3.29. The van der Waals surface area contributed by atoms with Crippen LogP contribution in [0.3, 0.4) is 0 Å². The number of nitrogens with one attached hydrogen (secondary N) is 2. The summed E-state index contributed by atoms with van der Waals surface area (Å²) >= 11 is 0. The maximum absolute atomic E-state index is 13.7. The molecule has 0 unspecified atom stereocenters. The van der Waals surface area contributed by atoms with Crippen molar-refractivity contribution in [2.75, 3.05) is 30.5 Å². The van der Waals surface area contributed by atoms with Crippen LogP contribution in [0, 0.1) is 5.82 Å². The first-order valence-electron chi connectivity index (χ1n) is 9.44. The van der Waals surface area contributed by atoms with E-state index in [2.05, 4.69) is 15.5 Å². The van der Waals surface area contributed by atoms with E-state index in [1.54, 1.807) is 13.1 Å². The van der Waals surface area contributed by atoms with E-state index >= 15 is 0 Å². The first-order chi connectivity index (χ1) is 14.0. The molecular formula is C21H22FN3O4. The molecule has 8 heteroatoms. The normalized spacial score (nSPS) is 18.5. The standard InChI is InChI=1S/C21H22FN3O4/c1-12(13-3-6-18-16(7-13)24-21(27)11-29-18)25-15(9-20(26)23-2)10-28-19-8-14(22)4-5-17(19)25/h3-8,12,15H,9-11H2,1-2H3,(H,23,26)(H,24,27)/t12-,15-/m1/s1. The van der Waals surface area contributed by atoms with Gasteiger partial charge in [-0.25, -0.2) is 4.39 Å². The first kappa shape index (κ1) is 19.0. The lowest BCUT2D eigenvalue weighted by Gasteiger charge is -2.42. The molecule has 2 amide bonds. The third-order valence-electron chi connectivity index (χ3n) is 5.26. The Bertz CT molecular complexity index is 965. The van der Waals surface area contributed by atoms with Gasteiger partial charge in [-0.2, -0.15) is 0 Å². The summed E-state index contributed by atoms with van der Waals surface area (Å²) in [4.78, 5) is 25.8. The molecule has 2 atom stereocenters. The Kier molecular flexibility index (Phi) is 5.00. The van der Waals surface area contributed by atoms with Crippen LogP contribution in [0.2, 0.25) is 0 Å². The van der Waals surface area contributed by atoms with Gasteiger partial charge in [-0.15, -0.1) is 0 Å². The third-order valence-corrected chi connectivity index (χ3v) is 5.26. The quantitative estimate of drug-likeness (QED) is 0.826. The zero-order valence-corrected chi connectivity index (χ0v) is 16.2. The Morgan fingerprint density at radius 3 is 2.90 bits per heavy atom. The van der Waals surface area contributed by atoms with E-state index in [0.29, 0.717) is 17.2 Å². The topological polar surface area (TPSA) is 79.9 Å². The molecule has 0 saturated heterocycles. The molecule has 152 valence electrons. The molecular weight excluding hydrogens is 377 g/mol. The molecule has 4 rings (SSSR count). The minimum Gasteiger partial charge on any atom is -0.489 e. The van der Waals surface area contributed by atoms with E-state index in [1.165, 1.54) is 12.1 Å². The number of ether oxygens (including phenoxy) is 2. The number of carbonyl (C=O) groups excluding carboxylic acids is 2. The fourth-order valence-corrected chi connectivity index (χ4v) is 3.80. The smallest absolute Gasteiger partial charge is 0.262 e. The van der Waals surface area contributed by atoms with Crippen molar-refractivity contribution in [3.05, 3.63) is 47.8 Å². The summed E-state index contributed by atoms with van der Waals surface area (Å²) in [5.74, 6) is 0.376. The van der Waals surface area contributed by atoms with E-state index in [0.717, 1.165) is 11.3 Å². The second kappa shape index (κ2) is 7.62. The molecule has 2 heterocycles. The predicted octanol–water partition coefficient (Wildman–Crippen LogP) is 2.62. The van der Waals surface area contributed by atoms with Crippen LogP contribution in [0.5, 0.6) is 11.5 Å². The lowest BCUT2D eigenvalue weighted by atomic mass is 9.99. The number of anilines is 2. The van der Waals surface area contributed by atoms with Gasteiger partial charge in [-0.3, -0.25) is 9.59 Å². The number of rotatable bonds is 4. The Labute approximate surface area is 167 Å². The number of fused-ring (bicyclic) bond motifs is 2. The lowest BCUT2D eigenvalue weighted by Crippen LogP contribution is -2.46. The molecule has 0 aliphatic carbocycles. The summed E-state index contributed by atoms with van der Waals surface area (Å²) < 4.78 is 24.9. The highest BCUT2D eigenvalue weighted by Gasteiger charge is 2.33. The van der Waals surface area contributed by atoms with Crippen molar-refractivity contribution >= 4 is 23.2 Å². The van der Waals surface area contributed by atoms with E-state index in [4.69, 9.17) is 9.47 Å². The summed E-state index contributed by atoms with van der Waals surface area (Å²) in [7, 11) is 1.59. The van der Waals surface area contributed by atoms with E-state index in [9.17, 15) is 14.0 Å². The SMILES string of the molecule is CNC(=O)C[C@@H]1COc2cc(F)ccc2N1[C@H](C)c1ccc2c(c1)NC(=O)CO2. The molecule has 0 radical (unpaired) electrons. The summed E-state index contributed by atoms with van der Waals surface area (Å²) in [6.45, 7) is 2.26. The van der Waals surface area contributed by atoms with Gasteiger partial charge in [0, 0.05) is 13.1 Å². The average molecular weight is 399 g/mol. The fraction of sp³-hybridized carbons (Fsp3) is 0.333. The number of benzene rings is 2. The Morgan fingerprint density at radius 1 is 1.28 bits per heavy atom. The van der Waals surface area contributed by atoms with Gasteiger partial charge in [0.05, 0.1) is 29.9 Å². The van der Waals surface area contributed by atoms with Crippen molar-refractivity contribution in [2.24, 2.45) is 0 Å². The molecule has 7 nitrogen and oxygen atoms in total. The van der Waals surface area contributed by atoms with Crippen LogP contribution in [-0.2, 0) is 9.59 Å². The molecule has 2 aliphatic heterocycles. The van der Waals surface area contributed by atoms with Crippen LogP contribution in [0.4, 0.5) is 15.8 Å². The van der Waals surface area contributed by atoms with Gasteiger partial charge < -0.3 is 25.0 Å². The number of amides is 2. The number of nitrogens with zero attached hydrogens (tertiary/aromatic N) is 1. The Balaban J connectivity index is 1.71. The van der Waals surface area contributed by atoms with Gasteiger partial charge in [-0.1, -0.05) is 6.07 Å². The number of carbonyl (C=O) groups is 2. The number of halogens is 1. The monoisotopic (exact) mass is 399 g/mol. The lowest BCUT2D eigenvalue weighted by molar-refractivity contribution is -0.121. The number of hydrogen-bond acceptors (Lipinski definition) is 5. The molecule has 2 N–H and O–H groups in total. The van der Waals surface area contributed by atoms with Gasteiger partial charge in [0.25, 0.3) is 5.91 Å².